The fourth-order valence-corrected chi connectivity index (χ4v) is 6.04. The Hall–Kier alpha value is -3.65. The van der Waals surface area contributed by atoms with Gasteiger partial charge in [0, 0.05) is 12.6 Å². The zero-order chi connectivity index (χ0) is 28.7. The minimum Gasteiger partial charge on any atom is -0.352 e. The molecule has 2 amide bonds. The van der Waals surface area contributed by atoms with Gasteiger partial charge in [-0.2, -0.15) is 0 Å². The zero-order valence-electron chi connectivity index (χ0n) is 23.6. The molecule has 0 bridgehead atoms. The van der Waals surface area contributed by atoms with Gasteiger partial charge in [0.1, 0.15) is 12.6 Å². The molecule has 0 saturated heterocycles. The van der Waals surface area contributed by atoms with Crippen molar-refractivity contribution in [2.75, 3.05) is 10.8 Å². The number of carbonyl (C=O) groups is 2. The normalized spacial score (nSPS) is 12.2. The third-order valence-corrected chi connectivity index (χ3v) is 8.48. The molecule has 0 aliphatic rings. The lowest BCUT2D eigenvalue weighted by Crippen LogP contribution is -2.53. The highest BCUT2D eigenvalue weighted by molar-refractivity contribution is 7.92. The first-order chi connectivity index (χ1) is 18.4. The van der Waals surface area contributed by atoms with Crippen LogP contribution in [0.3, 0.4) is 0 Å². The Labute approximate surface area is 232 Å². The maximum absolute atomic E-state index is 14.1. The predicted molar refractivity (Wildman–Crippen MR) is 156 cm³/mol. The Morgan fingerprint density at radius 1 is 0.897 bits per heavy atom. The Bertz CT molecular complexity index is 1400. The molecule has 0 spiro atoms. The summed E-state index contributed by atoms with van der Waals surface area (Å²) in [6, 6.07) is 20.4. The van der Waals surface area contributed by atoms with Gasteiger partial charge in [-0.05, 0) is 75.9 Å². The number of hydrogen-bond acceptors (Lipinski definition) is 4. The van der Waals surface area contributed by atoms with E-state index in [1.807, 2.05) is 71.9 Å². The lowest BCUT2D eigenvalue weighted by molar-refractivity contribution is -0.140. The molecule has 0 aliphatic heterocycles. The van der Waals surface area contributed by atoms with Crippen LogP contribution in [0.4, 0.5) is 5.69 Å². The van der Waals surface area contributed by atoms with Gasteiger partial charge in [-0.15, -0.1) is 0 Å². The molecule has 0 fully saturated rings. The van der Waals surface area contributed by atoms with Gasteiger partial charge in [-0.25, -0.2) is 8.42 Å². The predicted octanol–water partition coefficient (Wildman–Crippen LogP) is 5.14. The van der Waals surface area contributed by atoms with Crippen molar-refractivity contribution in [3.63, 3.8) is 0 Å². The third-order valence-electron chi connectivity index (χ3n) is 6.71. The molecule has 0 aliphatic carbocycles. The summed E-state index contributed by atoms with van der Waals surface area (Å²) in [5, 5.41) is 2.92. The Morgan fingerprint density at radius 2 is 1.56 bits per heavy atom. The topological polar surface area (TPSA) is 86.8 Å². The van der Waals surface area contributed by atoms with Gasteiger partial charge in [-0.1, -0.05) is 67.1 Å². The fourth-order valence-electron chi connectivity index (χ4n) is 4.55. The van der Waals surface area contributed by atoms with Crippen molar-refractivity contribution in [3.05, 3.63) is 95.1 Å². The van der Waals surface area contributed by atoms with Gasteiger partial charge in [0.05, 0.1) is 10.6 Å². The molecule has 0 heterocycles. The van der Waals surface area contributed by atoms with Crippen LogP contribution in [0.15, 0.2) is 77.7 Å². The van der Waals surface area contributed by atoms with Crippen LogP contribution in [-0.4, -0.2) is 43.8 Å². The van der Waals surface area contributed by atoms with Crippen molar-refractivity contribution in [1.29, 1.82) is 0 Å². The second-order valence-electron chi connectivity index (χ2n) is 10.1. The number of carbonyl (C=O) groups excluding carboxylic acids is 2. The van der Waals surface area contributed by atoms with Gasteiger partial charge in [0.25, 0.3) is 10.0 Å². The van der Waals surface area contributed by atoms with E-state index in [0.29, 0.717) is 12.1 Å². The second kappa shape index (κ2) is 12.9. The van der Waals surface area contributed by atoms with Crippen molar-refractivity contribution < 1.29 is 18.0 Å². The number of hydrogen-bond donors (Lipinski definition) is 1. The largest absolute Gasteiger partial charge is 0.352 e. The molecule has 1 N–H and O–H groups in total. The summed E-state index contributed by atoms with van der Waals surface area (Å²) in [5.41, 5.74) is 4.00. The summed E-state index contributed by atoms with van der Waals surface area (Å²) in [5.74, 6) is -0.722. The van der Waals surface area contributed by atoms with E-state index >= 15 is 0 Å². The average molecular weight is 550 g/mol. The van der Waals surface area contributed by atoms with Crippen molar-refractivity contribution in [3.8, 4) is 0 Å². The third kappa shape index (κ3) is 7.26. The summed E-state index contributed by atoms with van der Waals surface area (Å²) in [6.45, 7) is 11.0. The molecule has 0 saturated carbocycles. The van der Waals surface area contributed by atoms with Crippen LogP contribution in [0.1, 0.15) is 49.4 Å². The van der Waals surface area contributed by atoms with E-state index in [1.165, 1.54) is 21.3 Å². The summed E-state index contributed by atoms with van der Waals surface area (Å²) >= 11 is 0. The first kappa shape index (κ1) is 29.9. The summed E-state index contributed by atoms with van der Waals surface area (Å²) in [7, 11) is -4.09. The van der Waals surface area contributed by atoms with Gasteiger partial charge < -0.3 is 10.2 Å². The maximum atomic E-state index is 14.1. The van der Waals surface area contributed by atoms with Crippen LogP contribution in [0.5, 0.6) is 0 Å². The molecular formula is C31H39N3O4S. The molecule has 3 rings (SSSR count). The minimum atomic E-state index is -4.09. The molecular weight excluding hydrogens is 510 g/mol. The number of sulfonamides is 1. The number of rotatable bonds is 11. The molecule has 39 heavy (non-hydrogen) atoms. The van der Waals surface area contributed by atoms with Gasteiger partial charge >= 0.3 is 0 Å². The Kier molecular flexibility index (Phi) is 9.92. The van der Waals surface area contributed by atoms with Crippen LogP contribution in [0, 0.1) is 20.8 Å². The van der Waals surface area contributed by atoms with Crippen molar-refractivity contribution in [2.24, 2.45) is 0 Å². The number of anilines is 1. The van der Waals surface area contributed by atoms with Crippen molar-refractivity contribution in [1.82, 2.24) is 10.2 Å². The van der Waals surface area contributed by atoms with Crippen LogP contribution >= 0.6 is 0 Å². The highest BCUT2D eigenvalue weighted by atomic mass is 32.2. The van der Waals surface area contributed by atoms with E-state index in [2.05, 4.69) is 5.32 Å². The zero-order valence-corrected chi connectivity index (χ0v) is 24.5. The van der Waals surface area contributed by atoms with Crippen molar-refractivity contribution >= 4 is 27.5 Å². The molecule has 8 heteroatoms. The van der Waals surface area contributed by atoms with E-state index in [1.54, 1.807) is 30.3 Å². The minimum absolute atomic E-state index is 0.0912. The number of aryl methyl sites for hydroxylation is 2. The van der Waals surface area contributed by atoms with Crippen LogP contribution in [0.2, 0.25) is 0 Å². The maximum Gasteiger partial charge on any atom is 0.264 e. The van der Waals surface area contributed by atoms with E-state index in [0.717, 1.165) is 22.3 Å². The number of benzene rings is 3. The first-order valence-electron chi connectivity index (χ1n) is 13.2. The molecule has 3 aromatic rings. The van der Waals surface area contributed by atoms with E-state index in [9.17, 15) is 18.0 Å². The van der Waals surface area contributed by atoms with Gasteiger partial charge in [0.15, 0.2) is 0 Å². The lowest BCUT2D eigenvalue weighted by Gasteiger charge is -2.34. The number of nitrogens with zero attached hydrogens (tertiary/aromatic N) is 2. The number of amides is 2. The molecule has 208 valence electrons. The van der Waals surface area contributed by atoms with Crippen LogP contribution in [-0.2, 0) is 26.2 Å². The number of nitrogens with one attached hydrogen (secondary N) is 1. The van der Waals surface area contributed by atoms with E-state index in [4.69, 9.17) is 0 Å². The van der Waals surface area contributed by atoms with Crippen LogP contribution < -0.4 is 9.62 Å². The molecule has 0 unspecified atom stereocenters. The smallest absolute Gasteiger partial charge is 0.264 e. The highest BCUT2D eigenvalue weighted by Gasteiger charge is 2.34. The highest BCUT2D eigenvalue weighted by Crippen LogP contribution is 2.29. The quantitative estimate of drug-likeness (QED) is 0.359. The molecule has 7 nitrogen and oxygen atoms in total. The SMILES string of the molecule is CC[C@H](C(=O)NC(C)C)N(Cc1cccc(C)c1)C(=O)CN(c1cccc(C)c1C)S(=O)(=O)c1ccccc1. The summed E-state index contributed by atoms with van der Waals surface area (Å²) < 4.78 is 29.1. The molecule has 0 radical (unpaired) electrons. The molecule has 0 aromatic heterocycles. The van der Waals surface area contributed by atoms with Gasteiger partial charge in [-0.3, -0.25) is 13.9 Å². The standard InChI is InChI=1S/C31H39N3O4S/c1-7-28(31(36)32-22(2)3)33(20-26-15-11-13-23(4)19-26)30(35)21-34(29-18-12-14-24(5)25(29)6)39(37,38)27-16-9-8-10-17-27/h8-19,22,28H,7,20-21H2,1-6H3,(H,32,36)/t28-/m1/s1. The first-order valence-corrected chi connectivity index (χ1v) is 14.7. The van der Waals surface area contributed by atoms with E-state index in [-0.39, 0.29) is 23.4 Å². The van der Waals surface area contributed by atoms with Gasteiger partial charge in [0.2, 0.25) is 11.8 Å². The molecule has 1 atom stereocenters. The van der Waals surface area contributed by atoms with Crippen LogP contribution in [0.25, 0.3) is 0 Å². The Balaban J connectivity index is 2.10. The second-order valence-corrected chi connectivity index (χ2v) is 12.0. The van der Waals surface area contributed by atoms with Crippen molar-refractivity contribution in [2.45, 2.75) is 71.5 Å². The summed E-state index contributed by atoms with van der Waals surface area (Å²) in [6.07, 6.45) is 0.380. The monoisotopic (exact) mass is 549 g/mol. The fraction of sp³-hybridized carbons (Fsp3) is 0.355. The molecule has 3 aromatic carbocycles. The summed E-state index contributed by atoms with van der Waals surface area (Å²) in [4.78, 5) is 28.9. The lowest BCUT2D eigenvalue weighted by atomic mass is 10.1. The average Bonchev–Trinajstić information content (AvgIpc) is 2.89. The van der Waals surface area contributed by atoms with E-state index < -0.39 is 28.5 Å². The Morgan fingerprint density at radius 3 is 2.18 bits per heavy atom.